The number of thiol groups is 1. The van der Waals surface area contributed by atoms with E-state index in [0.29, 0.717) is 32.7 Å². The minimum Gasteiger partial charge on any atom is -0.497 e. The van der Waals surface area contributed by atoms with Crippen LogP contribution < -0.4 is 14.8 Å². The van der Waals surface area contributed by atoms with E-state index in [2.05, 4.69) is 17.9 Å². The first-order chi connectivity index (χ1) is 10.0. The van der Waals surface area contributed by atoms with Crippen molar-refractivity contribution < 1.29 is 14.3 Å². The first kappa shape index (κ1) is 15.5. The smallest absolute Gasteiger partial charge is 0.257 e. The van der Waals surface area contributed by atoms with Crippen LogP contribution in [0.25, 0.3) is 0 Å². The molecule has 6 heteroatoms. The number of rotatable bonds is 4. The van der Waals surface area contributed by atoms with Crippen LogP contribution in [0.5, 0.6) is 11.5 Å². The average Bonchev–Trinajstić information content (AvgIpc) is 2.49. The number of benzene rings is 2. The number of carbonyl (C=O) groups excluding carboxylic acids is 1. The molecule has 0 heterocycles. The second-order valence-corrected chi connectivity index (χ2v) is 5.11. The number of halogens is 1. The Bertz CT molecular complexity index is 676. The Balaban J connectivity index is 2.29. The van der Waals surface area contributed by atoms with Crippen LogP contribution in [0.3, 0.4) is 0 Å². The van der Waals surface area contributed by atoms with Crippen molar-refractivity contribution >= 4 is 35.8 Å². The van der Waals surface area contributed by atoms with Crippen molar-refractivity contribution in [2.24, 2.45) is 0 Å². The number of nitrogens with one attached hydrogen (secondary N) is 1. The highest BCUT2D eigenvalue weighted by Crippen LogP contribution is 2.30. The lowest BCUT2D eigenvalue weighted by molar-refractivity contribution is 0.102. The van der Waals surface area contributed by atoms with E-state index in [1.807, 2.05) is 0 Å². The van der Waals surface area contributed by atoms with Gasteiger partial charge in [0.25, 0.3) is 5.91 Å². The molecule has 2 rings (SSSR count). The molecule has 2 aromatic rings. The van der Waals surface area contributed by atoms with Gasteiger partial charge in [-0.1, -0.05) is 11.6 Å². The molecule has 110 valence electrons. The number of methoxy groups -OCH3 is 2. The van der Waals surface area contributed by atoms with Gasteiger partial charge in [0, 0.05) is 11.0 Å². The molecular formula is C15H14ClNO3S. The molecule has 1 N–H and O–H groups in total. The highest BCUT2D eigenvalue weighted by Gasteiger charge is 2.14. The number of hydrogen-bond donors (Lipinski definition) is 2. The summed E-state index contributed by atoms with van der Waals surface area (Å²) >= 11 is 10.2. The highest BCUT2D eigenvalue weighted by molar-refractivity contribution is 7.80. The predicted octanol–water partition coefficient (Wildman–Crippen LogP) is 3.90. The first-order valence-corrected chi connectivity index (χ1v) is 6.89. The van der Waals surface area contributed by atoms with E-state index in [9.17, 15) is 4.79 Å². The summed E-state index contributed by atoms with van der Waals surface area (Å²) in [5.41, 5.74) is 0.881. The van der Waals surface area contributed by atoms with E-state index >= 15 is 0 Å². The van der Waals surface area contributed by atoms with Crippen LogP contribution in [-0.2, 0) is 0 Å². The van der Waals surface area contributed by atoms with Crippen molar-refractivity contribution in [3.8, 4) is 11.5 Å². The van der Waals surface area contributed by atoms with E-state index < -0.39 is 0 Å². The highest BCUT2D eigenvalue weighted by atomic mass is 35.5. The molecule has 0 radical (unpaired) electrons. The zero-order chi connectivity index (χ0) is 15.4. The largest absolute Gasteiger partial charge is 0.497 e. The summed E-state index contributed by atoms with van der Waals surface area (Å²) in [6.07, 6.45) is 0. The third-order valence-corrected chi connectivity index (χ3v) is 3.46. The Labute approximate surface area is 133 Å². The lowest BCUT2D eigenvalue weighted by Gasteiger charge is -2.12. The summed E-state index contributed by atoms with van der Waals surface area (Å²) in [7, 11) is 3.08. The SMILES string of the molecule is COc1ccc(NC(=O)c2cc(S)ccc2Cl)c(OC)c1. The van der Waals surface area contributed by atoms with Gasteiger partial charge < -0.3 is 14.8 Å². The minimum atomic E-state index is -0.334. The third kappa shape index (κ3) is 3.62. The Morgan fingerprint density at radius 1 is 1.14 bits per heavy atom. The topological polar surface area (TPSA) is 47.6 Å². The summed E-state index contributed by atoms with van der Waals surface area (Å²) in [4.78, 5) is 13.0. The van der Waals surface area contributed by atoms with Gasteiger partial charge in [-0.05, 0) is 30.3 Å². The maximum Gasteiger partial charge on any atom is 0.257 e. The van der Waals surface area contributed by atoms with Crippen LogP contribution in [0.4, 0.5) is 5.69 Å². The minimum absolute atomic E-state index is 0.334. The van der Waals surface area contributed by atoms with Crippen LogP contribution >= 0.6 is 24.2 Å². The molecular weight excluding hydrogens is 310 g/mol. The van der Waals surface area contributed by atoms with Crippen LogP contribution in [0, 0.1) is 0 Å². The van der Waals surface area contributed by atoms with E-state index in [1.54, 1.807) is 43.5 Å². The van der Waals surface area contributed by atoms with Gasteiger partial charge in [0.2, 0.25) is 0 Å². The molecule has 21 heavy (non-hydrogen) atoms. The fourth-order valence-electron chi connectivity index (χ4n) is 1.78. The molecule has 0 atom stereocenters. The van der Waals surface area contributed by atoms with Crippen molar-refractivity contribution in [2.45, 2.75) is 4.90 Å². The van der Waals surface area contributed by atoms with Crippen LogP contribution in [-0.4, -0.2) is 20.1 Å². The molecule has 0 spiro atoms. The normalized spacial score (nSPS) is 10.1. The summed E-state index contributed by atoms with van der Waals surface area (Å²) in [5.74, 6) is 0.806. The van der Waals surface area contributed by atoms with Gasteiger partial charge in [-0.2, -0.15) is 0 Å². The van der Waals surface area contributed by atoms with Gasteiger partial charge in [0.1, 0.15) is 11.5 Å². The fraction of sp³-hybridized carbons (Fsp3) is 0.133. The number of ether oxygens (including phenoxy) is 2. The molecule has 0 bridgehead atoms. The predicted molar refractivity (Wildman–Crippen MR) is 86.2 cm³/mol. The molecule has 0 saturated carbocycles. The molecule has 4 nitrogen and oxygen atoms in total. The second-order valence-electron chi connectivity index (χ2n) is 4.18. The monoisotopic (exact) mass is 323 g/mol. The van der Waals surface area contributed by atoms with E-state index in [-0.39, 0.29) is 5.91 Å². The molecule has 0 aliphatic carbocycles. The Hall–Kier alpha value is -1.85. The fourth-order valence-corrected chi connectivity index (χ4v) is 2.19. The van der Waals surface area contributed by atoms with Crippen molar-refractivity contribution in [1.82, 2.24) is 0 Å². The molecule has 0 unspecified atom stereocenters. The first-order valence-electron chi connectivity index (χ1n) is 6.07. The maximum absolute atomic E-state index is 12.3. The summed E-state index contributed by atoms with van der Waals surface area (Å²) in [6.45, 7) is 0. The molecule has 1 amide bonds. The molecule has 0 fully saturated rings. The molecule has 0 aliphatic rings. The Morgan fingerprint density at radius 2 is 1.90 bits per heavy atom. The molecule has 0 aromatic heterocycles. The maximum atomic E-state index is 12.3. The average molecular weight is 324 g/mol. The molecule has 2 aromatic carbocycles. The van der Waals surface area contributed by atoms with Crippen LogP contribution in [0.15, 0.2) is 41.3 Å². The number of amides is 1. The quantitative estimate of drug-likeness (QED) is 0.839. The van der Waals surface area contributed by atoms with E-state index in [1.165, 1.54) is 7.11 Å². The zero-order valence-electron chi connectivity index (χ0n) is 11.5. The van der Waals surface area contributed by atoms with E-state index in [4.69, 9.17) is 21.1 Å². The summed E-state index contributed by atoms with van der Waals surface area (Å²) < 4.78 is 10.3. The van der Waals surface area contributed by atoms with Crippen LogP contribution in [0.1, 0.15) is 10.4 Å². The summed E-state index contributed by atoms with van der Waals surface area (Å²) in [6, 6.07) is 10.1. The van der Waals surface area contributed by atoms with Crippen molar-refractivity contribution in [2.75, 3.05) is 19.5 Å². The lowest BCUT2D eigenvalue weighted by atomic mass is 10.2. The number of hydrogen-bond acceptors (Lipinski definition) is 4. The van der Waals surface area contributed by atoms with Crippen molar-refractivity contribution in [3.63, 3.8) is 0 Å². The van der Waals surface area contributed by atoms with Gasteiger partial charge in [0.05, 0.1) is 30.5 Å². The van der Waals surface area contributed by atoms with E-state index in [0.717, 1.165) is 0 Å². The zero-order valence-corrected chi connectivity index (χ0v) is 13.2. The number of carbonyl (C=O) groups is 1. The lowest BCUT2D eigenvalue weighted by Crippen LogP contribution is -2.13. The second kappa shape index (κ2) is 6.74. The molecule has 0 aliphatic heterocycles. The van der Waals surface area contributed by atoms with Gasteiger partial charge >= 0.3 is 0 Å². The van der Waals surface area contributed by atoms with Crippen molar-refractivity contribution in [1.29, 1.82) is 0 Å². The van der Waals surface area contributed by atoms with Gasteiger partial charge in [-0.25, -0.2) is 0 Å². The van der Waals surface area contributed by atoms with Crippen molar-refractivity contribution in [3.05, 3.63) is 47.0 Å². The standard InChI is InChI=1S/C15H14ClNO3S/c1-19-9-3-6-13(14(7-9)20-2)17-15(18)11-8-10(21)4-5-12(11)16/h3-8,21H,1-2H3,(H,17,18). The number of anilines is 1. The summed E-state index contributed by atoms with van der Waals surface area (Å²) in [5, 5.41) is 3.12. The Kier molecular flexibility index (Phi) is 4.98. The van der Waals surface area contributed by atoms with Crippen LogP contribution in [0.2, 0.25) is 5.02 Å². The van der Waals surface area contributed by atoms with Gasteiger partial charge in [-0.15, -0.1) is 12.6 Å². The van der Waals surface area contributed by atoms with Gasteiger partial charge in [-0.3, -0.25) is 4.79 Å². The Morgan fingerprint density at radius 3 is 2.57 bits per heavy atom. The third-order valence-electron chi connectivity index (χ3n) is 2.85. The molecule has 0 saturated heterocycles. The van der Waals surface area contributed by atoms with Gasteiger partial charge in [0.15, 0.2) is 0 Å².